The van der Waals surface area contributed by atoms with Crippen LogP contribution in [-0.2, 0) is 4.79 Å². The molecule has 2 aliphatic rings. The molecule has 4 nitrogen and oxygen atoms in total. The van der Waals surface area contributed by atoms with Crippen molar-refractivity contribution in [2.45, 2.75) is 69.9 Å². The van der Waals surface area contributed by atoms with Gasteiger partial charge in [0, 0.05) is 6.04 Å². The van der Waals surface area contributed by atoms with E-state index >= 15 is 0 Å². The van der Waals surface area contributed by atoms with Gasteiger partial charge in [-0.05, 0) is 64.7 Å². The van der Waals surface area contributed by atoms with E-state index in [1.54, 1.807) is 0 Å². The quantitative estimate of drug-likeness (QED) is 0.840. The van der Waals surface area contributed by atoms with Crippen LogP contribution in [0.25, 0.3) is 0 Å². The number of fused-ring (bicyclic) bond motifs is 2. The summed E-state index contributed by atoms with van der Waals surface area (Å²) in [5, 5.41) is 3.63. The van der Waals surface area contributed by atoms with Crippen LogP contribution in [0.3, 0.4) is 0 Å². The fraction of sp³-hybridized carbons (Fsp3) is 0.765. The highest BCUT2D eigenvalue weighted by Gasteiger charge is 2.42. The fourth-order valence-corrected chi connectivity index (χ4v) is 4.89. The average Bonchev–Trinajstić information content (AvgIpc) is 3.15. The number of carbonyl (C=O) groups excluding carboxylic acids is 1. The van der Waals surface area contributed by atoms with E-state index in [1.807, 2.05) is 20.8 Å². The number of nitrogens with one attached hydrogen (secondary N) is 1. The second kappa shape index (κ2) is 6.26. The largest absolute Gasteiger partial charge is 0.437 e. The lowest BCUT2D eigenvalue weighted by Gasteiger charge is -2.29. The summed E-state index contributed by atoms with van der Waals surface area (Å²) in [7, 11) is 0. The van der Waals surface area contributed by atoms with Crippen molar-refractivity contribution in [3.05, 3.63) is 11.5 Å². The number of carbonyl (C=O) groups is 1. The van der Waals surface area contributed by atoms with Gasteiger partial charge in [0.05, 0.1) is 10.9 Å². The van der Waals surface area contributed by atoms with Crippen molar-refractivity contribution in [3.63, 3.8) is 0 Å². The molecule has 2 bridgehead atoms. The highest BCUT2D eigenvalue weighted by Crippen LogP contribution is 2.49. The summed E-state index contributed by atoms with van der Waals surface area (Å²) in [5.74, 6) is 3.34. The predicted octanol–water partition coefficient (Wildman–Crippen LogP) is 3.71. The lowest BCUT2D eigenvalue weighted by molar-refractivity contribution is -0.121. The Morgan fingerprint density at radius 1 is 1.32 bits per heavy atom. The minimum atomic E-state index is -0.182. The Morgan fingerprint density at radius 3 is 2.64 bits per heavy atom. The highest BCUT2D eigenvalue weighted by molar-refractivity contribution is 8.00. The van der Waals surface area contributed by atoms with E-state index in [4.69, 9.17) is 4.42 Å². The zero-order valence-electron chi connectivity index (χ0n) is 13.9. The van der Waals surface area contributed by atoms with E-state index < -0.39 is 0 Å². The van der Waals surface area contributed by atoms with Crippen LogP contribution >= 0.6 is 11.8 Å². The summed E-state index contributed by atoms with van der Waals surface area (Å²) < 4.78 is 5.55. The maximum Gasteiger partial charge on any atom is 0.256 e. The number of nitrogens with zero attached hydrogens (tertiary/aromatic N) is 1. The van der Waals surface area contributed by atoms with Crippen LogP contribution in [0.15, 0.2) is 9.64 Å². The van der Waals surface area contributed by atoms with Crippen molar-refractivity contribution in [3.8, 4) is 0 Å². The van der Waals surface area contributed by atoms with Gasteiger partial charge in [0.25, 0.3) is 5.22 Å². The molecule has 3 rings (SSSR count). The van der Waals surface area contributed by atoms with Crippen molar-refractivity contribution in [2.75, 3.05) is 0 Å². The first-order valence-electron chi connectivity index (χ1n) is 8.35. The predicted molar refractivity (Wildman–Crippen MR) is 87.8 cm³/mol. The number of aromatic nitrogens is 1. The highest BCUT2D eigenvalue weighted by atomic mass is 32.2. The van der Waals surface area contributed by atoms with Crippen LogP contribution in [0.1, 0.15) is 51.0 Å². The maximum atomic E-state index is 12.4. The van der Waals surface area contributed by atoms with Crippen LogP contribution in [0.5, 0.6) is 0 Å². The van der Waals surface area contributed by atoms with E-state index in [2.05, 4.69) is 17.2 Å². The first-order valence-corrected chi connectivity index (χ1v) is 9.23. The van der Waals surface area contributed by atoms with E-state index in [-0.39, 0.29) is 17.2 Å². The lowest BCUT2D eigenvalue weighted by Crippen LogP contribution is -2.43. The monoisotopic (exact) mass is 322 g/mol. The summed E-state index contributed by atoms with van der Waals surface area (Å²) in [5.41, 5.74) is 0.894. The van der Waals surface area contributed by atoms with E-state index in [0.717, 1.165) is 23.3 Å². The molecule has 0 aliphatic heterocycles. The van der Waals surface area contributed by atoms with Crippen molar-refractivity contribution in [1.82, 2.24) is 10.3 Å². The first-order chi connectivity index (χ1) is 10.4. The Bertz CT molecular complexity index is 537. The molecule has 1 aromatic rings. The van der Waals surface area contributed by atoms with Gasteiger partial charge in [0.15, 0.2) is 0 Å². The van der Waals surface area contributed by atoms with Crippen LogP contribution in [0.4, 0.5) is 0 Å². The van der Waals surface area contributed by atoms with Gasteiger partial charge < -0.3 is 9.73 Å². The number of aryl methyl sites for hydroxylation is 2. The number of amides is 1. The van der Waals surface area contributed by atoms with Gasteiger partial charge >= 0.3 is 0 Å². The Hall–Kier alpha value is -0.970. The first kappa shape index (κ1) is 15.9. The minimum Gasteiger partial charge on any atom is -0.437 e. The molecule has 0 unspecified atom stereocenters. The third-order valence-corrected chi connectivity index (χ3v) is 6.40. The van der Waals surface area contributed by atoms with Gasteiger partial charge in [-0.25, -0.2) is 4.98 Å². The molecule has 1 amide bonds. The third-order valence-electron chi connectivity index (χ3n) is 5.46. The van der Waals surface area contributed by atoms with Crippen molar-refractivity contribution in [1.29, 1.82) is 0 Å². The van der Waals surface area contributed by atoms with Crippen molar-refractivity contribution < 1.29 is 9.21 Å². The van der Waals surface area contributed by atoms with E-state index in [0.29, 0.717) is 11.1 Å². The molecule has 0 aromatic carbocycles. The molecule has 0 saturated heterocycles. The molecule has 5 heteroatoms. The molecule has 1 N–H and O–H groups in total. The van der Waals surface area contributed by atoms with Crippen LogP contribution < -0.4 is 5.32 Å². The average molecular weight is 322 g/mol. The summed E-state index contributed by atoms with van der Waals surface area (Å²) in [6.45, 7) is 7.90. The van der Waals surface area contributed by atoms with Gasteiger partial charge in [-0.15, -0.1) is 0 Å². The second-order valence-electron chi connectivity index (χ2n) is 7.02. The van der Waals surface area contributed by atoms with Gasteiger partial charge in [0.1, 0.15) is 5.76 Å². The van der Waals surface area contributed by atoms with Gasteiger partial charge in [-0.2, -0.15) is 0 Å². The van der Waals surface area contributed by atoms with E-state index in [1.165, 1.54) is 37.4 Å². The number of thioether (sulfide) groups is 1. The zero-order chi connectivity index (χ0) is 15.9. The number of hydrogen-bond acceptors (Lipinski definition) is 4. The van der Waals surface area contributed by atoms with Crippen LogP contribution in [0.2, 0.25) is 0 Å². The van der Waals surface area contributed by atoms with Crippen molar-refractivity contribution >= 4 is 17.7 Å². The molecule has 5 atom stereocenters. The molecular formula is C17H26N2O2S. The molecule has 0 spiro atoms. The second-order valence-corrected chi connectivity index (χ2v) is 8.31. The molecular weight excluding hydrogens is 296 g/mol. The molecule has 2 saturated carbocycles. The number of oxazole rings is 1. The van der Waals surface area contributed by atoms with Crippen LogP contribution in [-0.4, -0.2) is 22.2 Å². The molecule has 0 radical (unpaired) electrons. The third kappa shape index (κ3) is 3.19. The summed E-state index contributed by atoms with van der Waals surface area (Å²) >= 11 is 1.40. The summed E-state index contributed by atoms with van der Waals surface area (Å²) in [6, 6.07) is 0.277. The summed E-state index contributed by atoms with van der Waals surface area (Å²) in [6.07, 6.45) is 5.43. The smallest absolute Gasteiger partial charge is 0.256 e. The number of rotatable bonds is 5. The van der Waals surface area contributed by atoms with Gasteiger partial charge in [-0.1, -0.05) is 18.2 Å². The number of hydrogen-bond donors (Lipinski definition) is 1. The normalized spacial score (nSPS) is 29.5. The zero-order valence-corrected chi connectivity index (χ0v) is 14.7. The van der Waals surface area contributed by atoms with Crippen LogP contribution in [0, 0.1) is 31.6 Å². The lowest BCUT2D eigenvalue weighted by atomic mass is 9.84. The fourth-order valence-electron chi connectivity index (χ4n) is 4.05. The molecule has 1 heterocycles. The minimum absolute atomic E-state index is 0.0915. The van der Waals surface area contributed by atoms with E-state index in [9.17, 15) is 4.79 Å². The Labute approximate surface area is 136 Å². The topological polar surface area (TPSA) is 55.1 Å². The van der Waals surface area contributed by atoms with Gasteiger partial charge in [-0.3, -0.25) is 4.79 Å². The molecule has 2 aliphatic carbocycles. The standard InChI is InChI=1S/C17H26N2O2S/c1-9-11(3)21-17(19-9)22-12(4)16(20)18-10(2)15-8-13-5-6-14(15)7-13/h10,12-15H,5-8H2,1-4H3,(H,18,20)/t10-,12-,13+,14+,15+/m1/s1. The molecule has 22 heavy (non-hydrogen) atoms. The molecule has 1 aromatic heterocycles. The SMILES string of the molecule is Cc1nc(S[C@H](C)C(=O)N[C@H](C)[C@@H]2C[C@H]3CC[C@H]2C3)oc1C. The molecule has 2 fully saturated rings. The van der Waals surface area contributed by atoms with Crippen molar-refractivity contribution in [2.24, 2.45) is 17.8 Å². The maximum absolute atomic E-state index is 12.4. The Kier molecular flexibility index (Phi) is 4.53. The van der Waals surface area contributed by atoms with Gasteiger partial charge in [0.2, 0.25) is 5.91 Å². The Balaban J connectivity index is 1.52. The molecule has 122 valence electrons. The Morgan fingerprint density at radius 2 is 2.09 bits per heavy atom. The summed E-state index contributed by atoms with van der Waals surface area (Å²) in [4.78, 5) is 16.7.